The molecular formula is C18H30F2IN5. The number of halogens is 3. The lowest BCUT2D eigenvalue weighted by Gasteiger charge is -2.37. The van der Waals surface area contributed by atoms with Gasteiger partial charge in [0.05, 0.1) is 5.69 Å². The Morgan fingerprint density at radius 2 is 1.77 bits per heavy atom. The molecule has 0 aromatic heterocycles. The zero-order valence-electron chi connectivity index (χ0n) is 16.0. The summed E-state index contributed by atoms with van der Waals surface area (Å²) in [6.45, 7) is 10.7. The number of guanidine groups is 1. The van der Waals surface area contributed by atoms with Gasteiger partial charge in [-0.1, -0.05) is 0 Å². The maximum absolute atomic E-state index is 13.9. The molecule has 1 heterocycles. The van der Waals surface area contributed by atoms with Gasteiger partial charge in [0.1, 0.15) is 11.6 Å². The quantitative estimate of drug-likeness (QED) is 0.301. The maximum atomic E-state index is 13.9. The molecule has 1 aliphatic heterocycles. The van der Waals surface area contributed by atoms with E-state index >= 15 is 0 Å². The molecule has 0 bridgehead atoms. The molecule has 26 heavy (non-hydrogen) atoms. The summed E-state index contributed by atoms with van der Waals surface area (Å²) in [4.78, 5) is 8.35. The first-order valence-electron chi connectivity index (χ1n) is 8.71. The third-order valence-electron chi connectivity index (χ3n) is 4.10. The van der Waals surface area contributed by atoms with Crippen LogP contribution >= 0.6 is 24.0 Å². The molecule has 0 atom stereocenters. The van der Waals surface area contributed by atoms with Gasteiger partial charge >= 0.3 is 0 Å². The number of hydrogen-bond acceptors (Lipinski definition) is 3. The zero-order valence-corrected chi connectivity index (χ0v) is 18.3. The van der Waals surface area contributed by atoms with E-state index in [0.717, 1.165) is 25.1 Å². The first kappa shape index (κ1) is 22.9. The van der Waals surface area contributed by atoms with Crippen molar-refractivity contribution in [3.05, 3.63) is 29.8 Å². The van der Waals surface area contributed by atoms with Crippen molar-refractivity contribution in [2.24, 2.45) is 4.99 Å². The number of anilines is 1. The van der Waals surface area contributed by atoms with Crippen LogP contribution in [0.15, 0.2) is 23.2 Å². The van der Waals surface area contributed by atoms with Crippen molar-refractivity contribution < 1.29 is 8.78 Å². The maximum Gasteiger partial charge on any atom is 0.193 e. The molecule has 0 saturated carbocycles. The SMILES string of the molecule is CN=C(NCCNC(C)(C)C)N1CCN(c2cc(F)ccc2F)CC1.I. The summed E-state index contributed by atoms with van der Waals surface area (Å²) in [6, 6.07) is 3.59. The summed E-state index contributed by atoms with van der Waals surface area (Å²) in [6.07, 6.45) is 0. The highest BCUT2D eigenvalue weighted by Crippen LogP contribution is 2.21. The van der Waals surface area contributed by atoms with Gasteiger partial charge in [0.15, 0.2) is 5.96 Å². The summed E-state index contributed by atoms with van der Waals surface area (Å²) >= 11 is 0. The fourth-order valence-electron chi connectivity index (χ4n) is 2.83. The van der Waals surface area contributed by atoms with E-state index in [1.165, 1.54) is 12.1 Å². The summed E-state index contributed by atoms with van der Waals surface area (Å²) in [5, 5.41) is 6.77. The smallest absolute Gasteiger partial charge is 0.193 e. The van der Waals surface area contributed by atoms with Crippen molar-refractivity contribution in [1.82, 2.24) is 15.5 Å². The van der Waals surface area contributed by atoms with Gasteiger partial charge in [-0.15, -0.1) is 24.0 Å². The summed E-state index contributed by atoms with van der Waals surface area (Å²) in [7, 11) is 1.76. The van der Waals surface area contributed by atoms with Crippen LogP contribution in [-0.2, 0) is 0 Å². The number of piperazine rings is 1. The van der Waals surface area contributed by atoms with Gasteiger partial charge in [0, 0.05) is 57.9 Å². The Morgan fingerprint density at radius 1 is 1.12 bits per heavy atom. The molecule has 1 fully saturated rings. The van der Waals surface area contributed by atoms with E-state index in [9.17, 15) is 8.78 Å². The van der Waals surface area contributed by atoms with Crippen LogP contribution in [0.1, 0.15) is 20.8 Å². The zero-order chi connectivity index (χ0) is 18.4. The number of rotatable bonds is 4. The van der Waals surface area contributed by atoms with Crippen molar-refractivity contribution in [1.29, 1.82) is 0 Å². The second kappa shape index (κ2) is 10.2. The molecule has 0 amide bonds. The van der Waals surface area contributed by atoms with Crippen molar-refractivity contribution in [3.63, 3.8) is 0 Å². The molecule has 1 aliphatic rings. The van der Waals surface area contributed by atoms with Crippen molar-refractivity contribution in [2.75, 3.05) is 51.2 Å². The molecule has 0 aliphatic carbocycles. The molecule has 148 valence electrons. The van der Waals surface area contributed by atoms with Crippen LogP contribution in [0.25, 0.3) is 0 Å². The summed E-state index contributed by atoms with van der Waals surface area (Å²) in [5.41, 5.74) is 0.420. The predicted octanol–water partition coefficient (Wildman–Crippen LogP) is 2.67. The Morgan fingerprint density at radius 3 is 2.35 bits per heavy atom. The van der Waals surface area contributed by atoms with Gasteiger partial charge < -0.3 is 20.4 Å². The summed E-state index contributed by atoms with van der Waals surface area (Å²) in [5.74, 6) is 0.0448. The molecule has 8 heteroatoms. The van der Waals surface area contributed by atoms with E-state index in [4.69, 9.17) is 0 Å². The molecule has 2 N–H and O–H groups in total. The monoisotopic (exact) mass is 481 g/mol. The standard InChI is InChI=1S/C18H29F2N5.HI/c1-18(2,3)23-8-7-22-17(21-4)25-11-9-24(10-12-25)16-13-14(19)5-6-15(16)20;/h5-6,13,23H,7-12H2,1-4H3,(H,21,22);1H. The highest BCUT2D eigenvalue weighted by atomic mass is 127. The molecule has 2 rings (SSSR count). The lowest BCUT2D eigenvalue weighted by atomic mass is 10.1. The van der Waals surface area contributed by atoms with Crippen LogP contribution in [0, 0.1) is 11.6 Å². The van der Waals surface area contributed by atoms with Gasteiger partial charge in [0.2, 0.25) is 0 Å². The first-order valence-corrected chi connectivity index (χ1v) is 8.71. The van der Waals surface area contributed by atoms with Crippen LogP contribution in [-0.4, -0.2) is 62.7 Å². The van der Waals surface area contributed by atoms with Crippen molar-refractivity contribution >= 4 is 35.6 Å². The molecule has 0 spiro atoms. The number of benzene rings is 1. The topological polar surface area (TPSA) is 42.9 Å². The molecular weight excluding hydrogens is 451 g/mol. The Labute approximate surface area is 172 Å². The third-order valence-corrected chi connectivity index (χ3v) is 4.10. The number of nitrogens with one attached hydrogen (secondary N) is 2. The number of aliphatic imine (C=N–C) groups is 1. The van der Waals surface area contributed by atoms with E-state index in [1.807, 2.05) is 4.90 Å². The molecule has 1 aromatic carbocycles. The highest BCUT2D eigenvalue weighted by molar-refractivity contribution is 14.0. The van der Waals surface area contributed by atoms with Gasteiger partial charge in [-0.05, 0) is 32.9 Å². The second-order valence-corrected chi connectivity index (χ2v) is 7.22. The van der Waals surface area contributed by atoms with Crippen LogP contribution in [0.2, 0.25) is 0 Å². The molecule has 0 radical (unpaired) electrons. The number of hydrogen-bond donors (Lipinski definition) is 2. The summed E-state index contributed by atoms with van der Waals surface area (Å²) < 4.78 is 27.3. The average molecular weight is 481 g/mol. The largest absolute Gasteiger partial charge is 0.366 e. The van der Waals surface area contributed by atoms with E-state index < -0.39 is 5.82 Å². The minimum absolute atomic E-state index is 0. The van der Waals surface area contributed by atoms with E-state index in [1.54, 1.807) is 7.05 Å². The minimum Gasteiger partial charge on any atom is -0.366 e. The Kier molecular flexibility index (Phi) is 9.02. The second-order valence-electron chi connectivity index (χ2n) is 7.22. The van der Waals surface area contributed by atoms with Gasteiger partial charge in [-0.25, -0.2) is 8.78 Å². The predicted molar refractivity (Wildman–Crippen MR) is 115 cm³/mol. The first-order chi connectivity index (χ1) is 11.8. The fraction of sp³-hybridized carbons (Fsp3) is 0.611. The molecule has 1 aromatic rings. The number of nitrogens with zero attached hydrogens (tertiary/aromatic N) is 3. The average Bonchev–Trinajstić information content (AvgIpc) is 2.56. The van der Waals surface area contributed by atoms with Crippen LogP contribution < -0.4 is 15.5 Å². The highest BCUT2D eigenvalue weighted by Gasteiger charge is 2.22. The normalized spacial score (nSPS) is 15.7. The van der Waals surface area contributed by atoms with Gasteiger partial charge in [-0.2, -0.15) is 0 Å². The van der Waals surface area contributed by atoms with Crippen LogP contribution in [0.3, 0.4) is 0 Å². The van der Waals surface area contributed by atoms with Crippen LogP contribution in [0.5, 0.6) is 0 Å². The Hall–Kier alpha value is -1.16. The van der Waals surface area contributed by atoms with Gasteiger partial charge in [0.25, 0.3) is 0 Å². The molecule has 1 saturated heterocycles. The van der Waals surface area contributed by atoms with E-state index in [0.29, 0.717) is 31.9 Å². The van der Waals surface area contributed by atoms with E-state index in [2.05, 4.69) is 41.3 Å². The Balaban J connectivity index is 0.00000338. The lowest BCUT2D eigenvalue weighted by molar-refractivity contribution is 0.367. The Bertz CT molecular complexity index is 596. The van der Waals surface area contributed by atoms with Crippen molar-refractivity contribution in [2.45, 2.75) is 26.3 Å². The minimum atomic E-state index is -0.414. The molecule has 0 unspecified atom stereocenters. The third kappa shape index (κ3) is 6.86. The van der Waals surface area contributed by atoms with E-state index in [-0.39, 0.29) is 35.3 Å². The molecule has 5 nitrogen and oxygen atoms in total. The van der Waals surface area contributed by atoms with Crippen molar-refractivity contribution in [3.8, 4) is 0 Å². The van der Waals surface area contributed by atoms with Gasteiger partial charge in [-0.3, -0.25) is 4.99 Å². The van der Waals surface area contributed by atoms with Crippen LogP contribution in [0.4, 0.5) is 14.5 Å². The lowest BCUT2D eigenvalue weighted by Crippen LogP contribution is -2.53. The fourth-order valence-corrected chi connectivity index (χ4v) is 2.83.